The monoisotopic (exact) mass is 375 g/mol. The zero-order chi connectivity index (χ0) is 20.2. The fraction of sp³-hybridized carbons (Fsp3) is 0.500. The highest BCUT2D eigenvalue weighted by molar-refractivity contribution is 6.02. The molecule has 7 heteroatoms. The molecule has 2 aromatic rings. The van der Waals surface area contributed by atoms with Gasteiger partial charge in [-0.1, -0.05) is 6.92 Å². The first kappa shape index (κ1) is 20.6. The third-order valence-electron chi connectivity index (χ3n) is 3.97. The van der Waals surface area contributed by atoms with Crippen molar-refractivity contribution >= 4 is 17.8 Å². The quantitative estimate of drug-likeness (QED) is 0.721. The number of anilines is 1. The smallest absolute Gasteiger partial charge is 0.355 e. The number of aromatic amines is 2. The van der Waals surface area contributed by atoms with Crippen molar-refractivity contribution in [1.29, 1.82) is 0 Å². The number of hydrogen-bond acceptors (Lipinski definition) is 5. The fourth-order valence-corrected chi connectivity index (χ4v) is 2.89. The van der Waals surface area contributed by atoms with Crippen molar-refractivity contribution in [2.24, 2.45) is 0 Å². The van der Waals surface area contributed by atoms with Crippen molar-refractivity contribution in [3.8, 4) is 0 Å². The van der Waals surface area contributed by atoms with Crippen molar-refractivity contribution < 1.29 is 19.1 Å². The maximum absolute atomic E-state index is 12.7. The topological polar surface area (TPSA) is 87.4 Å². The number of ether oxygens (including phenoxy) is 2. The molecule has 0 radical (unpaired) electrons. The van der Waals surface area contributed by atoms with Crippen LogP contribution in [-0.4, -0.2) is 41.2 Å². The zero-order valence-corrected chi connectivity index (χ0v) is 16.9. The minimum atomic E-state index is -0.631. The standard InChI is InChI=1S/C20H29N3O4/c1-7-14-15(18(24)26-8-2)17(23(6)12-13-10-9-11-21-13)22-16(14)19(25)27-20(3,4)5/h9-11,21-22H,7-8,12H2,1-6H3. The number of aromatic nitrogens is 2. The number of nitrogens with one attached hydrogen (secondary N) is 2. The molecule has 0 bridgehead atoms. The Morgan fingerprint density at radius 2 is 1.89 bits per heavy atom. The second-order valence-corrected chi connectivity index (χ2v) is 7.33. The Balaban J connectivity index is 2.49. The molecular formula is C20H29N3O4. The van der Waals surface area contributed by atoms with Crippen LogP contribution in [0.3, 0.4) is 0 Å². The molecule has 0 spiro atoms. The second kappa shape index (κ2) is 8.33. The van der Waals surface area contributed by atoms with Crippen molar-refractivity contribution in [1.82, 2.24) is 9.97 Å². The van der Waals surface area contributed by atoms with Crippen LogP contribution in [0, 0.1) is 0 Å². The number of nitrogens with zero attached hydrogens (tertiary/aromatic N) is 1. The fourth-order valence-electron chi connectivity index (χ4n) is 2.89. The molecule has 7 nitrogen and oxygen atoms in total. The van der Waals surface area contributed by atoms with Crippen LogP contribution < -0.4 is 4.90 Å². The highest BCUT2D eigenvalue weighted by Gasteiger charge is 2.30. The van der Waals surface area contributed by atoms with Gasteiger partial charge in [0.1, 0.15) is 22.7 Å². The molecule has 2 N–H and O–H groups in total. The van der Waals surface area contributed by atoms with Gasteiger partial charge in [-0.25, -0.2) is 9.59 Å². The van der Waals surface area contributed by atoms with Gasteiger partial charge in [-0.2, -0.15) is 0 Å². The van der Waals surface area contributed by atoms with E-state index in [1.54, 1.807) is 6.92 Å². The maximum atomic E-state index is 12.7. The van der Waals surface area contributed by atoms with E-state index in [2.05, 4.69) is 9.97 Å². The number of carbonyl (C=O) groups is 2. The average Bonchev–Trinajstić information content (AvgIpc) is 3.20. The third-order valence-corrected chi connectivity index (χ3v) is 3.97. The van der Waals surface area contributed by atoms with E-state index in [4.69, 9.17) is 9.47 Å². The van der Waals surface area contributed by atoms with Gasteiger partial charge in [0.2, 0.25) is 0 Å². The number of carbonyl (C=O) groups excluding carboxylic acids is 2. The van der Waals surface area contributed by atoms with E-state index in [1.807, 2.05) is 58.0 Å². The number of H-pyrrole nitrogens is 2. The summed E-state index contributed by atoms with van der Waals surface area (Å²) in [6, 6.07) is 3.87. The van der Waals surface area contributed by atoms with Crippen molar-refractivity contribution in [2.75, 3.05) is 18.6 Å². The second-order valence-electron chi connectivity index (χ2n) is 7.33. The van der Waals surface area contributed by atoms with E-state index >= 15 is 0 Å². The van der Waals surface area contributed by atoms with E-state index in [0.717, 1.165) is 5.69 Å². The average molecular weight is 375 g/mol. The van der Waals surface area contributed by atoms with Crippen LogP contribution in [-0.2, 0) is 22.4 Å². The first-order valence-electron chi connectivity index (χ1n) is 9.16. The molecule has 0 aliphatic heterocycles. The van der Waals surface area contributed by atoms with Gasteiger partial charge in [0, 0.05) is 24.5 Å². The van der Waals surface area contributed by atoms with Crippen molar-refractivity contribution in [3.05, 3.63) is 40.8 Å². The molecule has 148 valence electrons. The summed E-state index contributed by atoms with van der Waals surface area (Å²) in [6.45, 7) is 9.88. The Labute approximate surface area is 160 Å². The van der Waals surface area contributed by atoms with Crippen LogP contribution in [0.1, 0.15) is 66.7 Å². The molecule has 0 aromatic carbocycles. The molecule has 0 unspecified atom stereocenters. The summed E-state index contributed by atoms with van der Waals surface area (Å²) in [5, 5.41) is 0. The summed E-state index contributed by atoms with van der Waals surface area (Å²) in [5.74, 6) is -0.390. The van der Waals surface area contributed by atoms with Gasteiger partial charge in [0.05, 0.1) is 13.2 Å². The van der Waals surface area contributed by atoms with Gasteiger partial charge >= 0.3 is 11.9 Å². The summed E-state index contributed by atoms with van der Waals surface area (Å²) in [6.07, 6.45) is 2.34. The van der Waals surface area contributed by atoms with Crippen LogP contribution >= 0.6 is 0 Å². The molecule has 0 fully saturated rings. The number of esters is 2. The molecule has 0 saturated heterocycles. The molecule has 2 rings (SSSR count). The van der Waals surface area contributed by atoms with E-state index in [9.17, 15) is 9.59 Å². The van der Waals surface area contributed by atoms with Crippen molar-refractivity contribution in [2.45, 2.75) is 53.2 Å². The lowest BCUT2D eigenvalue weighted by atomic mass is 10.1. The van der Waals surface area contributed by atoms with Crippen LogP contribution in [0.15, 0.2) is 18.3 Å². The lowest BCUT2D eigenvalue weighted by molar-refractivity contribution is 0.00625. The predicted molar refractivity (Wildman–Crippen MR) is 104 cm³/mol. The Morgan fingerprint density at radius 3 is 2.41 bits per heavy atom. The lowest BCUT2D eigenvalue weighted by Crippen LogP contribution is -2.25. The summed E-state index contributed by atoms with van der Waals surface area (Å²) in [5.41, 5.74) is 1.64. The molecule has 27 heavy (non-hydrogen) atoms. The number of rotatable bonds is 7. The molecule has 0 aliphatic rings. The zero-order valence-electron chi connectivity index (χ0n) is 16.9. The van der Waals surface area contributed by atoms with Gasteiger partial charge < -0.3 is 24.3 Å². The van der Waals surface area contributed by atoms with Gasteiger partial charge in [0.15, 0.2) is 0 Å². The summed E-state index contributed by atoms with van der Waals surface area (Å²) in [4.78, 5) is 33.5. The lowest BCUT2D eigenvalue weighted by Gasteiger charge is -2.19. The Bertz CT molecular complexity index is 785. The Hall–Kier alpha value is -2.70. The molecule has 2 aromatic heterocycles. The van der Waals surface area contributed by atoms with Gasteiger partial charge in [-0.05, 0) is 46.2 Å². The van der Waals surface area contributed by atoms with Gasteiger partial charge in [-0.15, -0.1) is 0 Å². The Morgan fingerprint density at radius 1 is 1.19 bits per heavy atom. The first-order valence-corrected chi connectivity index (χ1v) is 9.16. The van der Waals surface area contributed by atoms with Crippen LogP contribution in [0.2, 0.25) is 0 Å². The number of hydrogen-bond donors (Lipinski definition) is 2. The molecule has 0 amide bonds. The Kier molecular flexibility index (Phi) is 6.36. The minimum absolute atomic E-state index is 0.259. The minimum Gasteiger partial charge on any atom is -0.462 e. The maximum Gasteiger partial charge on any atom is 0.355 e. The normalized spacial score (nSPS) is 11.3. The van der Waals surface area contributed by atoms with Crippen LogP contribution in [0.4, 0.5) is 5.82 Å². The van der Waals surface area contributed by atoms with E-state index < -0.39 is 17.5 Å². The van der Waals surface area contributed by atoms with Crippen molar-refractivity contribution in [3.63, 3.8) is 0 Å². The predicted octanol–water partition coefficient (Wildman–Crippen LogP) is 3.67. The summed E-state index contributed by atoms with van der Waals surface area (Å²) in [7, 11) is 1.85. The van der Waals surface area contributed by atoms with E-state index in [1.165, 1.54) is 0 Å². The summed E-state index contributed by atoms with van der Waals surface area (Å²) < 4.78 is 10.8. The summed E-state index contributed by atoms with van der Waals surface area (Å²) >= 11 is 0. The van der Waals surface area contributed by atoms with E-state index in [-0.39, 0.29) is 6.61 Å². The van der Waals surface area contributed by atoms with E-state index in [0.29, 0.717) is 35.6 Å². The third kappa shape index (κ3) is 4.93. The largest absolute Gasteiger partial charge is 0.462 e. The first-order chi connectivity index (χ1) is 12.7. The molecule has 0 saturated carbocycles. The van der Waals surface area contributed by atoms with Crippen LogP contribution in [0.25, 0.3) is 0 Å². The molecular weight excluding hydrogens is 346 g/mol. The molecule has 2 heterocycles. The molecule has 0 aliphatic carbocycles. The van der Waals surface area contributed by atoms with Gasteiger partial charge in [-0.3, -0.25) is 0 Å². The SMILES string of the molecule is CCOC(=O)c1c(N(C)Cc2ccc[nH]2)[nH]c(C(=O)OC(C)(C)C)c1CC. The highest BCUT2D eigenvalue weighted by atomic mass is 16.6. The van der Waals surface area contributed by atoms with Crippen LogP contribution in [0.5, 0.6) is 0 Å². The molecule has 0 atom stereocenters. The van der Waals surface area contributed by atoms with Gasteiger partial charge in [0.25, 0.3) is 0 Å². The highest BCUT2D eigenvalue weighted by Crippen LogP contribution is 2.30.